The van der Waals surface area contributed by atoms with Crippen molar-refractivity contribution in [3.8, 4) is 0 Å². The lowest BCUT2D eigenvalue weighted by molar-refractivity contribution is 0.225. The Labute approximate surface area is 255 Å². The molecule has 2 unspecified atom stereocenters. The maximum Gasteiger partial charge on any atom is 0.201 e. The topological polar surface area (TPSA) is 37.4 Å². The molecule has 3 nitrogen and oxygen atoms in total. The lowest BCUT2D eigenvalue weighted by atomic mass is 9.67. The third-order valence-corrected chi connectivity index (χ3v) is 11.5. The predicted octanol–water partition coefficient (Wildman–Crippen LogP) is 7.30. The summed E-state index contributed by atoms with van der Waals surface area (Å²) in [4.78, 5) is 2.70. The fourth-order valence-corrected chi connectivity index (χ4v) is 8.91. The second-order valence-corrected chi connectivity index (χ2v) is 14.3. The van der Waals surface area contributed by atoms with E-state index in [-0.39, 0.29) is 11.5 Å². The molecule has 7 rings (SSSR count). The molecule has 0 bridgehead atoms. The first kappa shape index (κ1) is 27.9. The van der Waals surface area contributed by atoms with Gasteiger partial charge in [-0.1, -0.05) is 118 Å². The van der Waals surface area contributed by atoms with Gasteiger partial charge in [0.1, 0.15) is 0 Å². The molecule has 1 aliphatic heterocycles. The first-order chi connectivity index (χ1) is 20.9. The van der Waals surface area contributed by atoms with Gasteiger partial charge >= 0.3 is 0 Å². The van der Waals surface area contributed by atoms with E-state index < -0.39 is 9.84 Å². The van der Waals surface area contributed by atoms with Crippen molar-refractivity contribution in [3.05, 3.63) is 146 Å². The Morgan fingerprint density at radius 2 is 1.53 bits per heavy atom. The second-order valence-electron chi connectivity index (χ2n) is 12.5. The fourth-order valence-electron chi connectivity index (χ4n) is 7.70. The molecule has 4 aromatic carbocycles. The van der Waals surface area contributed by atoms with Gasteiger partial charge in [-0.15, -0.1) is 0 Å². The van der Waals surface area contributed by atoms with Gasteiger partial charge in [0.15, 0.2) is 0 Å². The van der Waals surface area contributed by atoms with Crippen LogP contribution >= 0.6 is 0 Å². The highest BCUT2D eigenvalue weighted by Gasteiger charge is 2.39. The summed E-state index contributed by atoms with van der Waals surface area (Å²) in [6.45, 7) is 4.63. The van der Waals surface area contributed by atoms with Gasteiger partial charge in [-0.2, -0.15) is 0 Å². The molecule has 1 heterocycles. The van der Waals surface area contributed by atoms with Crippen LogP contribution in [0.5, 0.6) is 0 Å². The monoisotopic (exact) mass is 585 g/mol. The molecule has 43 heavy (non-hydrogen) atoms. The average molecular weight is 586 g/mol. The largest absolute Gasteiger partial charge is 0.339 e. The van der Waals surface area contributed by atoms with Crippen LogP contribution in [0.2, 0.25) is 0 Å². The van der Waals surface area contributed by atoms with Crippen LogP contribution in [0.4, 0.5) is 0 Å². The first-order valence-electron chi connectivity index (χ1n) is 15.7. The summed E-state index contributed by atoms with van der Waals surface area (Å²) in [6, 6.07) is 31.1. The molecule has 3 aliphatic rings. The zero-order valence-electron chi connectivity index (χ0n) is 25.1. The van der Waals surface area contributed by atoms with E-state index in [2.05, 4.69) is 85.5 Å². The number of sulfone groups is 1. The van der Waals surface area contributed by atoms with Crippen molar-refractivity contribution in [2.45, 2.75) is 69.7 Å². The number of rotatable bonds is 6. The highest BCUT2D eigenvalue weighted by molar-refractivity contribution is 7.94. The Bertz CT molecular complexity index is 2060. The minimum atomic E-state index is -3.61. The quantitative estimate of drug-likeness (QED) is 0.238. The van der Waals surface area contributed by atoms with E-state index in [9.17, 15) is 8.42 Å². The van der Waals surface area contributed by atoms with E-state index in [4.69, 9.17) is 0 Å². The minimum absolute atomic E-state index is 0.115. The van der Waals surface area contributed by atoms with Gasteiger partial charge in [-0.05, 0) is 86.7 Å². The van der Waals surface area contributed by atoms with E-state index in [0.29, 0.717) is 4.90 Å². The van der Waals surface area contributed by atoms with Gasteiger partial charge in [0, 0.05) is 11.9 Å². The maximum absolute atomic E-state index is 13.7. The first-order valence-corrected chi connectivity index (χ1v) is 17.3. The molecule has 0 spiro atoms. The van der Waals surface area contributed by atoms with Crippen molar-refractivity contribution < 1.29 is 8.42 Å². The van der Waals surface area contributed by atoms with E-state index in [1.807, 2.05) is 30.5 Å². The molecule has 0 radical (unpaired) electrons. The average Bonchev–Trinajstić information content (AvgIpc) is 3.17. The fraction of sp³-hybridized carbons (Fsp3) is 0.282. The number of fused-ring (bicyclic) bond motifs is 5. The van der Waals surface area contributed by atoms with Gasteiger partial charge in [0.2, 0.25) is 9.84 Å². The zero-order chi connectivity index (χ0) is 29.6. The van der Waals surface area contributed by atoms with Crippen LogP contribution in [0.3, 0.4) is 0 Å². The molecule has 0 amide bonds. The third kappa shape index (κ3) is 4.77. The van der Waals surface area contributed by atoms with Crippen LogP contribution in [0.25, 0.3) is 11.8 Å². The number of hydrogen-bond acceptors (Lipinski definition) is 3. The molecule has 0 fully saturated rings. The molecule has 0 saturated carbocycles. The van der Waals surface area contributed by atoms with Crippen LogP contribution < -0.4 is 10.4 Å². The van der Waals surface area contributed by atoms with Gasteiger partial charge in [-0.25, -0.2) is 8.42 Å². The van der Waals surface area contributed by atoms with Crippen LogP contribution in [0.15, 0.2) is 107 Å². The lowest BCUT2D eigenvalue weighted by Crippen LogP contribution is -2.40. The normalized spacial score (nSPS) is 21.6. The Balaban J connectivity index is 1.56. The molecular weight excluding hydrogens is 547 g/mol. The van der Waals surface area contributed by atoms with Gasteiger partial charge in [0.25, 0.3) is 0 Å². The van der Waals surface area contributed by atoms with Crippen molar-refractivity contribution in [1.29, 1.82) is 0 Å². The Morgan fingerprint density at radius 3 is 2.35 bits per heavy atom. The van der Waals surface area contributed by atoms with Gasteiger partial charge in [0.05, 0.1) is 16.3 Å². The molecule has 0 aromatic heterocycles. The Morgan fingerprint density at radius 1 is 0.791 bits per heavy atom. The maximum atomic E-state index is 13.7. The standard InChI is InChI=1S/C39H39NO2S/c1-3-5-23-39(4-2)26-35-32-20-19-28-13-9-10-16-30(28)31(32)21-22-33(35)36(27-39)40-24-25-43(41,42)37-18-12-11-17-34(37)38(40)29-14-7-6-8-15-29/h6-19,21-22,24-25,38H,3-5,20,23,26-27H2,1-2H3. The molecule has 218 valence electrons. The summed E-state index contributed by atoms with van der Waals surface area (Å²) in [5.41, 5.74) is 6.15. The summed E-state index contributed by atoms with van der Waals surface area (Å²) in [5, 5.41) is 6.67. The van der Waals surface area contributed by atoms with Crippen LogP contribution in [-0.2, 0) is 22.7 Å². The summed E-state index contributed by atoms with van der Waals surface area (Å²) in [5.74, 6) is 0. The molecule has 0 saturated heterocycles. The summed E-state index contributed by atoms with van der Waals surface area (Å²) < 4.78 is 27.3. The van der Waals surface area contributed by atoms with Gasteiger partial charge in [-0.3, -0.25) is 0 Å². The van der Waals surface area contributed by atoms with E-state index >= 15 is 0 Å². The van der Waals surface area contributed by atoms with Crippen molar-refractivity contribution in [2.75, 3.05) is 0 Å². The SMILES string of the molecule is CCCCC1(CC)CC(N2C=CS(=O)(=O)c3ccccc3C2c2ccccc2)=c2ccc3c(c2C1)CC=c1ccccc1=3. The molecule has 2 atom stereocenters. The number of benzene rings is 4. The van der Waals surface area contributed by atoms with Gasteiger partial charge < -0.3 is 4.90 Å². The minimum Gasteiger partial charge on any atom is -0.339 e. The van der Waals surface area contributed by atoms with E-state index in [1.165, 1.54) is 55.9 Å². The molecule has 2 aliphatic carbocycles. The molecule has 4 aromatic rings. The number of unbranched alkanes of at least 4 members (excludes halogenated alkanes) is 1. The Hall–Kier alpha value is -3.89. The molecule has 4 heteroatoms. The highest BCUT2D eigenvalue weighted by Crippen LogP contribution is 2.47. The second kappa shape index (κ2) is 11.0. The summed E-state index contributed by atoms with van der Waals surface area (Å²) in [6.07, 6.45) is 11.8. The highest BCUT2D eigenvalue weighted by atomic mass is 32.2. The van der Waals surface area contributed by atoms with Crippen LogP contribution in [0.1, 0.15) is 74.2 Å². The number of hydrogen-bond donors (Lipinski definition) is 0. The zero-order valence-corrected chi connectivity index (χ0v) is 25.9. The molecular formula is C39H39NO2S. The van der Waals surface area contributed by atoms with Crippen molar-refractivity contribution in [2.24, 2.45) is 5.41 Å². The smallest absolute Gasteiger partial charge is 0.201 e. The predicted molar refractivity (Wildman–Crippen MR) is 175 cm³/mol. The summed E-state index contributed by atoms with van der Waals surface area (Å²) in [7, 11) is -3.61. The van der Waals surface area contributed by atoms with Crippen molar-refractivity contribution in [3.63, 3.8) is 0 Å². The third-order valence-electron chi connectivity index (χ3n) is 10.0. The van der Waals surface area contributed by atoms with E-state index in [1.54, 1.807) is 6.07 Å². The van der Waals surface area contributed by atoms with Crippen molar-refractivity contribution >= 4 is 21.6 Å². The van der Waals surface area contributed by atoms with Crippen LogP contribution in [0, 0.1) is 15.9 Å². The van der Waals surface area contributed by atoms with Crippen molar-refractivity contribution in [1.82, 2.24) is 4.90 Å². The summed E-state index contributed by atoms with van der Waals surface area (Å²) >= 11 is 0. The Kier molecular flexibility index (Phi) is 7.13. The van der Waals surface area contributed by atoms with E-state index in [0.717, 1.165) is 43.2 Å². The van der Waals surface area contributed by atoms with Crippen LogP contribution in [-0.4, -0.2) is 13.3 Å². The number of nitrogens with zero attached hydrogens (tertiary/aromatic N) is 1. The molecule has 0 N–H and O–H groups in total. The lowest BCUT2D eigenvalue weighted by Gasteiger charge is -2.43.